The molecule has 0 aliphatic heterocycles. The van der Waals surface area contributed by atoms with Gasteiger partial charge in [0, 0.05) is 0 Å². The summed E-state index contributed by atoms with van der Waals surface area (Å²) in [6.45, 7) is 11.0. The van der Waals surface area contributed by atoms with Crippen LogP contribution in [-0.2, 0) is 12.8 Å². The van der Waals surface area contributed by atoms with Gasteiger partial charge in [-0.25, -0.2) is 0 Å². The van der Waals surface area contributed by atoms with Gasteiger partial charge in [0.1, 0.15) is 0 Å². The van der Waals surface area contributed by atoms with E-state index in [1.54, 1.807) is 5.56 Å². The number of aryl methyl sites for hydroxylation is 4. The third kappa shape index (κ3) is 2.96. The Morgan fingerprint density at radius 2 is 1.13 bits per heavy atom. The fraction of sp³-hybridized carbons (Fsp3) is 0.310. The van der Waals surface area contributed by atoms with Crippen LogP contribution in [0.4, 0.5) is 0 Å². The molecule has 0 aromatic heterocycles. The normalized spacial score (nSPS) is 17.1. The van der Waals surface area contributed by atoms with Crippen molar-refractivity contribution < 1.29 is 0 Å². The number of fused-ring (bicyclic) bond motifs is 2. The molecule has 152 valence electrons. The molecular weight excluding hydrogens is 362 g/mol. The molecule has 2 aliphatic rings. The van der Waals surface area contributed by atoms with Gasteiger partial charge >= 0.3 is 0 Å². The quantitative estimate of drug-likeness (QED) is 0.491. The summed E-state index contributed by atoms with van der Waals surface area (Å²) >= 11 is 0. The predicted octanol–water partition coefficient (Wildman–Crippen LogP) is 7.16. The standard InChI is InChI=1S/C29H31N/c1-16-9-17(2)12-21(11-16)26-23-7-6-8-24(23)27(22-13-18(3)10-19(4)14-22)28-25(26)15-20(5)29(28)30/h9-15,29H,6-8,30H2,1-5H3. The fourth-order valence-electron chi connectivity index (χ4n) is 5.81. The first kappa shape index (κ1) is 19.3. The van der Waals surface area contributed by atoms with Gasteiger partial charge < -0.3 is 5.73 Å². The highest BCUT2D eigenvalue weighted by Crippen LogP contribution is 2.50. The van der Waals surface area contributed by atoms with Crippen LogP contribution in [-0.4, -0.2) is 0 Å². The second-order valence-corrected chi connectivity index (χ2v) is 9.51. The van der Waals surface area contributed by atoms with Crippen LogP contribution >= 0.6 is 0 Å². The lowest BCUT2D eigenvalue weighted by molar-refractivity contribution is 0.869. The molecule has 1 atom stereocenters. The number of hydrogen-bond donors (Lipinski definition) is 1. The number of nitrogens with two attached hydrogens (primary N) is 1. The molecule has 0 saturated heterocycles. The van der Waals surface area contributed by atoms with E-state index in [4.69, 9.17) is 5.73 Å². The smallest absolute Gasteiger partial charge is 0.0524 e. The Balaban J connectivity index is 1.90. The zero-order valence-electron chi connectivity index (χ0n) is 18.8. The molecule has 0 saturated carbocycles. The number of rotatable bonds is 2. The Kier molecular flexibility index (Phi) is 4.48. The minimum Gasteiger partial charge on any atom is -0.321 e. The number of hydrogen-bond acceptors (Lipinski definition) is 1. The predicted molar refractivity (Wildman–Crippen MR) is 129 cm³/mol. The molecule has 3 aromatic carbocycles. The van der Waals surface area contributed by atoms with Crippen LogP contribution in [0.25, 0.3) is 28.3 Å². The van der Waals surface area contributed by atoms with Gasteiger partial charge in [-0.1, -0.05) is 70.3 Å². The van der Waals surface area contributed by atoms with Gasteiger partial charge in [-0.3, -0.25) is 0 Å². The molecule has 1 unspecified atom stereocenters. The van der Waals surface area contributed by atoms with E-state index in [-0.39, 0.29) is 6.04 Å². The van der Waals surface area contributed by atoms with Crippen LogP contribution in [0.3, 0.4) is 0 Å². The van der Waals surface area contributed by atoms with Crippen LogP contribution in [0.1, 0.15) is 63.9 Å². The maximum Gasteiger partial charge on any atom is 0.0524 e. The van der Waals surface area contributed by atoms with E-state index in [0.717, 1.165) is 12.8 Å². The molecule has 2 N–H and O–H groups in total. The van der Waals surface area contributed by atoms with E-state index in [1.165, 1.54) is 73.2 Å². The van der Waals surface area contributed by atoms with Gasteiger partial charge in [-0.2, -0.15) is 0 Å². The van der Waals surface area contributed by atoms with Crippen molar-refractivity contribution in [1.82, 2.24) is 0 Å². The second-order valence-electron chi connectivity index (χ2n) is 9.51. The summed E-state index contributed by atoms with van der Waals surface area (Å²) in [5, 5.41) is 0. The van der Waals surface area contributed by atoms with Crippen molar-refractivity contribution in [2.75, 3.05) is 0 Å². The summed E-state index contributed by atoms with van der Waals surface area (Å²) in [5.41, 5.74) is 24.7. The average Bonchev–Trinajstić information content (AvgIpc) is 3.23. The first-order valence-corrected chi connectivity index (χ1v) is 11.2. The Morgan fingerprint density at radius 3 is 1.67 bits per heavy atom. The summed E-state index contributed by atoms with van der Waals surface area (Å²) in [4.78, 5) is 0. The molecule has 0 heterocycles. The first-order chi connectivity index (χ1) is 14.3. The van der Waals surface area contributed by atoms with Crippen molar-refractivity contribution in [3.8, 4) is 22.3 Å². The Hall–Kier alpha value is -2.64. The topological polar surface area (TPSA) is 26.0 Å². The highest BCUT2D eigenvalue weighted by atomic mass is 14.7. The average molecular weight is 394 g/mol. The summed E-state index contributed by atoms with van der Waals surface area (Å²) in [6.07, 6.45) is 5.89. The molecule has 0 spiro atoms. The largest absolute Gasteiger partial charge is 0.321 e. The van der Waals surface area contributed by atoms with E-state index in [2.05, 4.69) is 77.1 Å². The molecule has 0 bridgehead atoms. The van der Waals surface area contributed by atoms with E-state index in [1.807, 2.05) is 0 Å². The lowest BCUT2D eigenvalue weighted by Gasteiger charge is -2.23. The van der Waals surface area contributed by atoms with Crippen LogP contribution in [0.15, 0.2) is 42.0 Å². The molecule has 0 amide bonds. The van der Waals surface area contributed by atoms with E-state index >= 15 is 0 Å². The van der Waals surface area contributed by atoms with Gasteiger partial charge in [0.15, 0.2) is 0 Å². The monoisotopic (exact) mass is 393 g/mol. The van der Waals surface area contributed by atoms with Crippen molar-refractivity contribution in [3.05, 3.63) is 86.5 Å². The first-order valence-electron chi connectivity index (χ1n) is 11.2. The van der Waals surface area contributed by atoms with Gasteiger partial charge in [0.2, 0.25) is 0 Å². The molecule has 1 heteroatoms. The van der Waals surface area contributed by atoms with Crippen LogP contribution < -0.4 is 5.73 Å². The van der Waals surface area contributed by atoms with Crippen molar-refractivity contribution in [2.45, 2.75) is 59.9 Å². The molecule has 3 aromatic rings. The Morgan fingerprint density at radius 1 is 0.667 bits per heavy atom. The highest BCUT2D eigenvalue weighted by Gasteiger charge is 2.33. The third-order valence-corrected chi connectivity index (χ3v) is 6.84. The van der Waals surface area contributed by atoms with Crippen molar-refractivity contribution in [2.24, 2.45) is 5.73 Å². The maximum absolute atomic E-state index is 6.84. The lowest BCUT2D eigenvalue weighted by atomic mass is 9.81. The zero-order valence-corrected chi connectivity index (χ0v) is 18.8. The van der Waals surface area contributed by atoms with Crippen molar-refractivity contribution in [3.63, 3.8) is 0 Å². The molecule has 30 heavy (non-hydrogen) atoms. The van der Waals surface area contributed by atoms with E-state index in [0.29, 0.717) is 0 Å². The van der Waals surface area contributed by atoms with Crippen LogP contribution in [0.5, 0.6) is 0 Å². The minimum absolute atomic E-state index is 0.0219. The second kappa shape index (κ2) is 6.96. The Bertz CT molecular complexity index is 1190. The maximum atomic E-state index is 6.84. The fourth-order valence-corrected chi connectivity index (χ4v) is 5.81. The van der Waals surface area contributed by atoms with Gasteiger partial charge in [-0.05, 0) is 98.4 Å². The third-order valence-electron chi connectivity index (χ3n) is 6.84. The van der Waals surface area contributed by atoms with E-state index in [9.17, 15) is 0 Å². The minimum atomic E-state index is -0.0219. The van der Waals surface area contributed by atoms with Crippen molar-refractivity contribution in [1.29, 1.82) is 0 Å². The number of benzene rings is 3. The SMILES string of the molecule is CC1=Cc2c(-c3cc(C)cc(C)c3)c3c(c(-c4cc(C)cc(C)c4)c2C1N)CCC3. The van der Waals surface area contributed by atoms with Gasteiger partial charge in [-0.15, -0.1) is 0 Å². The van der Waals surface area contributed by atoms with Crippen LogP contribution in [0, 0.1) is 27.7 Å². The summed E-state index contributed by atoms with van der Waals surface area (Å²) in [5.74, 6) is 0. The van der Waals surface area contributed by atoms with Crippen LogP contribution in [0.2, 0.25) is 0 Å². The summed E-state index contributed by atoms with van der Waals surface area (Å²) < 4.78 is 0. The van der Waals surface area contributed by atoms with Gasteiger partial charge in [0.05, 0.1) is 6.04 Å². The molecule has 1 nitrogen and oxygen atoms in total. The Labute approximate surface area is 180 Å². The van der Waals surface area contributed by atoms with Crippen molar-refractivity contribution >= 4 is 6.08 Å². The molecule has 0 fully saturated rings. The highest BCUT2D eigenvalue weighted by molar-refractivity contribution is 5.93. The van der Waals surface area contributed by atoms with E-state index < -0.39 is 0 Å². The summed E-state index contributed by atoms with van der Waals surface area (Å²) in [6, 6.07) is 13.9. The molecule has 5 rings (SSSR count). The molecule has 0 radical (unpaired) electrons. The zero-order chi connectivity index (χ0) is 21.2. The molecule has 2 aliphatic carbocycles. The summed E-state index contributed by atoms with van der Waals surface area (Å²) in [7, 11) is 0. The molecular formula is C29H31N. The lowest BCUT2D eigenvalue weighted by Crippen LogP contribution is -2.12. The van der Waals surface area contributed by atoms with Gasteiger partial charge in [0.25, 0.3) is 0 Å².